The number of carbonyl (C=O) groups excluding carboxylic acids is 1. The number of hydrogen-bond acceptors (Lipinski definition) is 2. The van der Waals surface area contributed by atoms with E-state index in [1.807, 2.05) is 0 Å². The fourth-order valence-electron chi connectivity index (χ4n) is 2.11. The Morgan fingerprint density at radius 3 is 2.55 bits per heavy atom. The summed E-state index contributed by atoms with van der Waals surface area (Å²) in [4.78, 5) is 11.0. The van der Waals surface area contributed by atoms with Crippen molar-refractivity contribution in [3.63, 3.8) is 0 Å². The summed E-state index contributed by atoms with van der Waals surface area (Å²) in [6, 6.07) is 0. The van der Waals surface area contributed by atoms with Gasteiger partial charge in [-0.2, -0.15) is 0 Å². The molecule has 0 aromatic heterocycles. The minimum absolute atomic E-state index is 0.0272. The quantitative estimate of drug-likeness (QED) is 0.498. The molecule has 2 aliphatic heterocycles. The topological polar surface area (TPSA) is 26.3 Å². The van der Waals surface area contributed by atoms with Gasteiger partial charge in [0.25, 0.3) is 0 Å². The molecule has 0 spiro atoms. The van der Waals surface area contributed by atoms with Crippen LogP contribution < -0.4 is 0 Å². The monoisotopic (exact) mass is 154 g/mol. The van der Waals surface area contributed by atoms with Crippen LogP contribution in [0, 0.1) is 5.92 Å². The molecular formula is C9H14O2. The highest BCUT2D eigenvalue weighted by Gasteiger charge is 2.27. The van der Waals surface area contributed by atoms with Gasteiger partial charge in [0.15, 0.2) is 0 Å². The van der Waals surface area contributed by atoms with Crippen molar-refractivity contribution >= 4 is 5.97 Å². The van der Waals surface area contributed by atoms with Crippen LogP contribution >= 0.6 is 0 Å². The molecule has 2 bridgehead atoms. The largest absolute Gasteiger partial charge is 0.462 e. The first-order valence-corrected chi connectivity index (χ1v) is 4.54. The zero-order valence-electron chi connectivity index (χ0n) is 6.71. The smallest absolute Gasteiger partial charge is 0.306 e. The third-order valence-electron chi connectivity index (χ3n) is 2.85. The van der Waals surface area contributed by atoms with Gasteiger partial charge in [0, 0.05) is 6.42 Å². The van der Waals surface area contributed by atoms with Gasteiger partial charge in [0.2, 0.25) is 0 Å². The Bertz CT molecular complexity index is 157. The first-order chi connectivity index (χ1) is 5.34. The van der Waals surface area contributed by atoms with Crippen molar-refractivity contribution < 1.29 is 9.53 Å². The fourth-order valence-corrected chi connectivity index (χ4v) is 2.11. The lowest BCUT2D eigenvalue weighted by Gasteiger charge is -2.31. The third-order valence-corrected chi connectivity index (χ3v) is 2.85. The highest BCUT2D eigenvalue weighted by atomic mass is 16.5. The summed E-state index contributed by atoms with van der Waals surface area (Å²) < 4.78 is 5.24. The molecule has 3 rings (SSSR count). The van der Waals surface area contributed by atoms with E-state index in [-0.39, 0.29) is 12.1 Å². The Labute approximate surface area is 66.9 Å². The zero-order valence-corrected chi connectivity index (χ0v) is 6.71. The van der Waals surface area contributed by atoms with Crippen molar-refractivity contribution in [1.82, 2.24) is 0 Å². The Balaban J connectivity index is 2.02. The number of fused-ring (bicyclic) bond motifs is 5. The van der Waals surface area contributed by atoms with Gasteiger partial charge in [-0.1, -0.05) is 0 Å². The van der Waals surface area contributed by atoms with Crippen LogP contribution in [0.25, 0.3) is 0 Å². The second-order valence-electron chi connectivity index (χ2n) is 3.67. The van der Waals surface area contributed by atoms with Crippen LogP contribution in [0.2, 0.25) is 0 Å². The molecular weight excluding hydrogens is 140 g/mol. The van der Waals surface area contributed by atoms with E-state index in [0.717, 1.165) is 25.2 Å². The predicted molar refractivity (Wildman–Crippen MR) is 41.1 cm³/mol. The van der Waals surface area contributed by atoms with Crippen LogP contribution in [0.3, 0.4) is 0 Å². The van der Waals surface area contributed by atoms with Crippen molar-refractivity contribution in [3.8, 4) is 0 Å². The van der Waals surface area contributed by atoms with Gasteiger partial charge in [0.05, 0.1) is 0 Å². The van der Waals surface area contributed by atoms with Crippen LogP contribution in [-0.2, 0) is 9.53 Å². The van der Waals surface area contributed by atoms with E-state index in [1.54, 1.807) is 0 Å². The van der Waals surface area contributed by atoms with Gasteiger partial charge in [-0.05, 0) is 38.0 Å². The van der Waals surface area contributed by atoms with E-state index in [1.165, 1.54) is 12.8 Å². The molecule has 0 aromatic carbocycles. The van der Waals surface area contributed by atoms with Crippen LogP contribution in [0.15, 0.2) is 0 Å². The molecule has 0 atom stereocenters. The van der Waals surface area contributed by atoms with Crippen LogP contribution in [0.4, 0.5) is 0 Å². The summed E-state index contributed by atoms with van der Waals surface area (Å²) in [7, 11) is 0. The van der Waals surface area contributed by atoms with Crippen molar-refractivity contribution in [2.75, 3.05) is 0 Å². The lowest BCUT2D eigenvalue weighted by atomic mass is 9.83. The Morgan fingerprint density at radius 2 is 1.82 bits per heavy atom. The molecule has 62 valence electrons. The molecule has 0 aromatic rings. The van der Waals surface area contributed by atoms with Gasteiger partial charge in [-0.3, -0.25) is 4.79 Å². The van der Waals surface area contributed by atoms with Crippen LogP contribution in [0.1, 0.15) is 38.5 Å². The van der Waals surface area contributed by atoms with E-state index < -0.39 is 0 Å². The normalized spacial score (nSPS) is 37.6. The van der Waals surface area contributed by atoms with E-state index in [9.17, 15) is 4.79 Å². The van der Waals surface area contributed by atoms with Crippen molar-refractivity contribution in [2.24, 2.45) is 5.92 Å². The van der Waals surface area contributed by atoms with E-state index in [4.69, 9.17) is 4.74 Å². The molecule has 0 amide bonds. The Morgan fingerprint density at radius 1 is 1.09 bits per heavy atom. The summed E-state index contributed by atoms with van der Waals surface area (Å²) in [5, 5.41) is 0. The lowest BCUT2D eigenvalue weighted by molar-refractivity contribution is -0.153. The molecule has 0 N–H and O–H groups in total. The molecule has 3 fully saturated rings. The van der Waals surface area contributed by atoms with Gasteiger partial charge < -0.3 is 4.74 Å². The maximum Gasteiger partial charge on any atom is 0.306 e. The standard InChI is InChI=1S/C9H14O2/c10-9-6-3-7-1-4-8(11-9)5-2-7/h7-8H,1-6H2. The van der Waals surface area contributed by atoms with Gasteiger partial charge in [0.1, 0.15) is 6.10 Å². The predicted octanol–water partition coefficient (Wildman–Crippen LogP) is 1.88. The number of ether oxygens (including phenoxy) is 1. The van der Waals surface area contributed by atoms with Crippen molar-refractivity contribution in [3.05, 3.63) is 0 Å². The fraction of sp³-hybridized carbons (Fsp3) is 0.889. The number of hydrogen-bond donors (Lipinski definition) is 0. The summed E-state index contributed by atoms with van der Waals surface area (Å²) in [5.74, 6) is 0.846. The molecule has 2 nitrogen and oxygen atoms in total. The molecule has 2 heteroatoms. The molecule has 2 saturated heterocycles. The number of esters is 1. The second kappa shape index (κ2) is 2.84. The SMILES string of the molecule is O=C1CCC2CCC(CC2)O1. The first kappa shape index (κ1) is 7.14. The maximum absolute atomic E-state index is 11.0. The minimum atomic E-state index is 0.0272. The van der Waals surface area contributed by atoms with E-state index in [0.29, 0.717) is 6.42 Å². The minimum Gasteiger partial charge on any atom is -0.462 e. The summed E-state index contributed by atoms with van der Waals surface area (Å²) in [5.41, 5.74) is 0. The highest BCUT2D eigenvalue weighted by Crippen LogP contribution is 2.32. The van der Waals surface area contributed by atoms with Gasteiger partial charge in [-0.25, -0.2) is 0 Å². The summed E-state index contributed by atoms with van der Waals surface area (Å²) >= 11 is 0. The average molecular weight is 154 g/mol. The molecule has 3 aliphatic rings. The number of carbonyl (C=O) groups is 1. The Hall–Kier alpha value is -0.530. The molecule has 0 radical (unpaired) electrons. The highest BCUT2D eigenvalue weighted by molar-refractivity contribution is 5.69. The second-order valence-corrected chi connectivity index (χ2v) is 3.67. The number of rotatable bonds is 0. The lowest BCUT2D eigenvalue weighted by Crippen LogP contribution is -2.28. The molecule has 0 unspecified atom stereocenters. The maximum atomic E-state index is 11.0. The average Bonchev–Trinajstić information content (AvgIpc) is 1.98. The zero-order chi connectivity index (χ0) is 7.68. The van der Waals surface area contributed by atoms with Gasteiger partial charge in [-0.15, -0.1) is 0 Å². The first-order valence-electron chi connectivity index (χ1n) is 4.54. The molecule has 1 aliphatic carbocycles. The van der Waals surface area contributed by atoms with Crippen molar-refractivity contribution in [1.29, 1.82) is 0 Å². The van der Waals surface area contributed by atoms with Crippen molar-refractivity contribution in [2.45, 2.75) is 44.6 Å². The third kappa shape index (κ3) is 1.55. The van der Waals surface area contributed by atoms with E-state index >= 15 is 0 Å². The molecule has 1 saturated carbocycles. The molecule has 11 heavy (non-hydrogen) atoms. The van der Waals surface area contributed by atoms with E-state index in [2.05, 4.69) is 0 Å². The Kier molecular flexibility index (Phi) is 1.84. The van der Waals surface area contributed by atoms with Gasteiger partial charge >= 0.3 is 5.97 Å². The molecule has 2 heterocycles. The summed E-state index contributed by atoms with van der Waals surface area (Å²) in [6.45, 7) is 0. The van der Waals surface area contributed by atoms with Crippen LogP contribution in [0.5, 0.6) is 0 Å². The van der Waals surface area contributed by atoms with Crippen LogP contribution in [-0.4, -0.2) is 12.1 Å². The summed E-state index contributed by atoms with van der Waals surface area (Å²) in [6.07, 6.45) is 6.74.